The number of carbonyl (C=O) groups excluding carboxylic acids is 1. The average molecular weight is 166 g/mol. The molecule has 2 nitrogen and oxygen atoms in total. The SMILES string of the molecule is C[C@@](F)(C(N)=O)c1cc[c]cc1. The van der Waals surface area contributed by atoms with Crippen LogP contribution < -0.4 is 5.73 Å². The predicted octanol–water partition coefficient (Wildman–Crippen LogP) is 1.16. The number of carbonyl (C=O) groups is 1. The number of alkyl halides is 1. The molecule has 0 heterocycles. The molecule has 1 atom stereocenters. The standard InChI is InChI=1S/C9H9FNO/c1-9(10,8(11)12)7-5-3-2-4-6-7/h3-6H,1H3,(H2,11,12)/t9-/m0/s1. The molecule has 0 fully saturated rings. The molecule has 0 saturated carbocycles. The van der Waals surface area contributed by atoms with Crippen LogP contribution in [0.4, 0.5) is 4.39 Å². The lowest BCUT2D eigenvalue weighted by atomic mass is 9.98. The molecule has 1 radical (unpaired) electrons. The van der Waals surface area contributed by atoms with Gasteiger partial charge in [0.15, 0.2) is 0 Å². The smallest absolute Gasteiger partial charge is 0.259 e. The van der Waals surface area contributed by atoms with Crippen molar-refractivity contribution in [3.05, 3.63) is 35.9 Å². The third-order valence-corrected chi connectivity index (χ3v) is 1.72. The van der Waals surface area contributed by atoms with Gasteiger partial charge >= 0.3 is 0 Å². The first-order valence-electron chi connectivity index (χ1n) is 3.50. The molecule has 12 heavy (non-hydrogen) atoms. The molecule has 1 amide bonds. The van der Waals surface area contributed by atoms with Crippen molar-refractivity contribution in [3.63, 3.8) is 0 Å². The van der Waals surface area contributed by atoms with Crippen LogP contribution in [-0.2, 0) is 10.5 Å². The van der Waals surface area contributed by atoms with Gasteiger partial charge in [-0.25, -0.2) is 4.39 Å². The van der Waals surface area contributed by atoms with Crippen molar-refractivity contribution in [2.24, 2.45) is 5.73 Å². The first kappa shape index (κ1) is 8.71. The molecule has 1 aromatic rings. The van der Waals surface area contributed by atoms with E-state index in [2.05, 4.69) is 6.07 Å². The van der Waals surface area contributed by atoms with Crippen molar-refractivity contribution < 1.29 is 9.18 Å². The van der Waals surface area contributed by atoms with Gasteiger partial charge in [-0.1, -0.05) is 24.3 Å². The van der Waals surface area contributed by atoms with Gasteiger partial charge in [0.2, 0.25) is 5.67 Å². The summed E-state index contributed by atoms with van der Waals surface area (Å²) in [5, 5.41) is 0. The zero-order valence-electron chi connectivity index (χ0n) is 6.67. The molecular weight excluding hydrogens is 157 g/mol. The lowest BCUT2D eigenvalue weighted by Gasteiger charge is -2.15. The number of halogens is 1. The zero-order valence-corrected chi connectivity index (χ0v) is 6.67. The fourth-order valence-corrected chi connectivity index (χ4v) is 0.842. The van der Waals surface area contributed by atoms with E-state index in [1.807, 2.05) is 0 Å². The Morgan fingerprint density at radius 2 is 2.08 bits per heavy atom. The summed E-state index contributed by atoms with van der Waals surface area (Å²) in [6.07, 6.45) is 0. The normalized spacial score (nSPS) is 15.2. The summed E-state index contributed by atoms with van der Waals surface area (Å²) in [5.41, 5.74) is 3.05. The Morgan fingerprint density at radius 1 is 1.58 bits per heavy atom. The summed E-state index contributed by atoms with van der Waals surface area (Å²) in [4.78, 5) is 10.7. The maximum Gasteiger partial charge on any atom is 0.259 e. The molecular formula is C9H9FNO. The van der Waals surface area contributed by atoms with Crippen molar-refractivity contribution in [1.82, 2.24) is 0 Å². The highest BCUT2D eigenvalue weighted by atomic mass is 19.1. The summed E-state index contributed by atoms with van der Waals surface area (Å²) in [7, 11) is 0. The second-order valence-electron chi connectivity index (χ2n) is 2.66. The number of primary amides is 1. The molecule has 0 aliphatic carbocycles. The molecule has 1 aromatic carbocycles. The molecule has 0 spiro atoms. The van der Waals surface area contributed by atoms with Gasteiger partial charge in [-0.15, -0.1) is 0 Å². The minimum atomic E-state index is -2.09. The number of hydrogen-bond acceptors (Lipinski definition) is 1. The molecule has 3 heteroatoms. The Kier molecular flexibility index (Phi) is 2.13. The summed E-state index contributed by atoms with van der Waals surface area (Å²) < 4.78 is 13.5. The predicted molar refractivity (Wildman–Crippen MR) is 42.9 cm³/mol. The lowest BCUT2D eigenvalue weighted by Crippen LogP contribution is -2.34. The third-order valence-electron chi connectivity index (χ3n) is 1.72. The van der Waals surface area contributed by atoms with E-state index in [-0.39, 0.29) is 5.56 Å². The molecule has 2 N–H and O–H groups in total. The second kappa shape index (κ2) is 2.93. The maximum atomic E-state index is 13.5. The van der Waals surface area contributed by atoms with Gasteiger partial charge in [0, 0.05) is 0 Å². The molecule has 0 saturated heterocycles. The Morgan fingerprint density at radius 3 is 2.50 bits per heavy atom. The van der Waals surface area contributed by atoms with Crippen molar-refractivity contribution >= 4 is 5.91 Å². The summed E-state index contributed by atoms with van der Waals surface area (Å²) in [5.74, 6) is -0.978. The van der Waals surface area contributed by atoms with Crippen molar-refractivity contribution in [2.45, 2.75) is 12.6 Å². The van der Waals surface area contributed by atoms with Gasteiger partial charge < -0.3 is 5.73 Å². The molecule has 0 aromatic heterocycles. The monoisotopic (exact) mass is 166 g/mol. The molecule has 1 rings (SSSR count). The minimum absolute atomic E-state index is 0.258. The summed E-state index contributed by atoms with van der Waals surface area (Å²) >= 11 is 0. The van der Waals surface area contributed by atoms with Crippen LogP contribution in [-0.4, -0.2) is 5.91 Å². The summed E-state index contributed by atoms with van der Waals surface area (Å²) in [6, 6.07) is 8.75. The first-order valence-corrected chi connectivity index (χ1v) is 3.50. The number of hydrogen-bond donors (Lipinski definition) is 1. The average Bonchev–Trinajstić information content (AvgIpc) is 2.06. The van der Waals surface area contributed by atoms with E-state index in [9.17, 15) is 9.18 Å². The summed E-state index contributed by atoms with van der Waals surface area (Å²) in [6.45, 7) is 1.14. The van der Waals surface area contributed by atoms with Gasteiger partial charge in [0.05, 0.1) is 0 Å². The van der Waals surface area contributed by atoms with Gasteiger partial charge in [-0.3, -0.25) is 4.79 Å². The molecule has 0 unspecified atom stereocenters. The van der Waals surface area contributed by atoms with Crippen LogP contribution in [0, 0.1) is 6.07 Å². The molecule has 0 aliphatic rings. The van der Waals surface area contributed by atoms with Gasteiger partial charge in [0.25, 0.3) is 5.91 Å². The largest absolute Gasteiger partial charge is 0.367 e. The maximum absolute atomic E-state index is 13.5. The van der Waals surface area contributed by atoms with Crippen LogP contribution in [0.15, 0.2) is 24.3 Å². The second-order valence-corrected chi connectivity index (χ2v) is 2.66. The fourth-order valence-electron chi connectivity index (χ4n) is 0.842. The Hall–Kier alpha value is -1.38. The first-order chi connectivity index (χ1) is 5.55. The Bertz CT molecular complexity index is 282. The van der Waals surface area contributed by atoms with Crippen molar-refractivity contribution in [2.75, 3.05) is 0 Å². The van der Waals surface area contributed by atoms with Crippen LogP contribution in [0.3, 0.4) is 0 Å². The van der Waals surface area contributed by atoms with E-state index in [0.717, 1.165) is 6.92 Å². The van der Waals surface area contributed by atoms with Crippen LogP contribution in [0.2, 0.25) is 0 Å². The van der Waals surface area contributed by atoms with Crippen LogP contribution >= 0.6 is 0 Å². The molecule has 0 bridgehead atoms. The van der Waals surface area contributed by atoms with E-state index in [1.54, 1.807) is 0 Å². The van der Waals surface area contributed by atoms with E-state index >= 15 is 0 Å². The fraction of sp³-hybridized carbons (Fsp3) is 0.222. The highest BCUT2D eigenvalue weighted by Gasteiger charge is 2.32. The van der Waals surface area contributed by atoms with Crippen LogP contribution in [0.5, 0.6) is 0 Å². The van der Waals surface area contributed by atoms with E-state index in [1.165, 1.54) is 24.3 Å². The third kappa shape index (κ3) is 1.44. The van der Waals surface area contributed by atoms with Crippen molar-refractivity contribution in [3.8, 4) is 0 Å². The number of amides is 1. The van der Waals surface area contributed by atoms with E-state index in [0.29, 0.717) is 0 Å². The van der Waals surface area contributed by atoms with Gasteiger partial charge in [-0.2, -0.15) is 0 Å². The van der Waals surface area contributed by atoms with E-state index in [4.69, 9.17) is 5.73 Å². The molecule has 0 aliphatic heterocycles. The zero-order chi connectivity index (χ0) is 9.19. The number of rotatable bonds is 2. The highest BCUT2D eigenvalue weighted by Crippen LogP contribution is 2.23. The highest BCUT2D eigenvalue weighted by molar-refractivity contribution is 5.84. The van der Waals surface area contributed by atoms with Gasteiger partial charge in [0.1, 0.15) is 0 Å². The quantitative estimate of drug-likeness (QED) is 0.703. The number of nitrogens with two attached hydrogens (primary N) is 1. The minimum Gasteiger partial charge on any atom is -0.367 e. The van der Waals surface area contributed by atoms with Crippen LogP contribution in [0.1, 0.15) is 12.5 Å². The topological polar surface area (TPSA) is 43.1 Å². The van der Waals surface area contributed by atoms with Gasteiger partial charge in [-0.05, 0) is 18.6 Å². The Labute approximate surface area is 70.2 Å². The van der Waals surface area contributed by atoms with E-state index < -0.39 is 11.6 Å². The van der Waals surface area contributed by atoms with Crippen molar-refractivity contribution in [1.29, 1.82) is 0 Å². The van der Waals surface area contributed by atoms with Crippen LogP contribution in [0.25, 0.3) is 0 Å². The Balaban J connectivity index is 3.06. The lowest BCUT2D eigenvalue weighted by molar-refractivity contribution is -0.128. The number of benzene rings is 1. The molecule has 63 valence electrons.